The maximum atomic E-state index is 12.4. The van der Waals surface area contributed by atoms with Crippen LogP contribution in [0.25, 0.3) is 5.78 Å². The lowest BCUT2D eigenvalue weighted by Gasteiger charge is -2.12. The number of sulfonamides is 1. The zero-order valence-electron chi connectivity index (χ0n) is 11.7. The van der Waals surface area contributed by atoms with Gasteiger partial charge in [-0.3, -0.25) is 5.43 Å². The van der Waals surface area contributed by atoms with Gasteiger partial charge in [-0.2, -0.15) is 14.6 Å². The summed E-state index contributed by atoms with van der Waals surface area (Å²) in [5, 5.41) is 4.05. The highest BCUT2D eigenvalue weighted by Gasteiger charge is 2.20. The van der Waals surface area contributed by atoms with Crippen molar-refractivity contribution < 1.29 is 8.42 Å². The van der Waals surface area contributed by atoms with Crippen LogP contribution in [0, 0.1) is 6.92 Å². The molecule has 2 aromatic heterocycles. The molecule has 11 heteroatoms. The van der Waals surface area contributed by atoms with Crippen molar-refractivity contribution in [2.45, 2.75) is 11.8 Å². The van der Waals surface area contributed by atoms with Gasteiger partial charge in [0.1, 0.15) is 17.0 Å². The van der Waals surface area contributed by atoms with Crippen LogP contribution in [0.4, 0.5) is 5.82 Å². The smallest absolute Gasteiger partial charge is 0.258 e. The Morgan fingerprint density at radius 3 is 2.83 bits per heavy atom. The molecular weight excluding hydrogens is 363 g/mol. The predicted molar refractivity (Wildman–Crippen MR) is 85.9 cm³/mol. The van der Waals surface area contributed by atoms with Crippen LogP contribution in [-0.4, -0.2) is 28.0 Å². The maximum absolute atomic E-state index is 12.4. The lowest BCUT2D eigenvalue weighted by Crippen LogP contribution is -2.31. The molecule has 0 bridgehead atoms. The van der Waals surface area contributed by atoms with E-state index < -0.39 is 10.0 Å². The van der Waals surface area contributed by atoms with E-state index in [1.807, 2.05) is 0 Å². The molecule has 1 aromatic carbocycles. The molecule has 0 aliphatic heterocycles. The van der Waals surface area contributed by atoms with E-state index in [0.717, 1.165) is 0 Å². The number of nitrogens with zero attached hydrogens (tertiary/aromatic N) is 4. The number of nitrogens with one attached hydrogen (secondary N) is 2. The summed E-state index contributed by atoms with van der Waals surface area (Å²) in [6.45, 7) is 1.75. The minimum Gasteiger partial charge on any atom is -0.292 e. The van der Waals surface area contributed by atoms with Crippen molar-refractivity contribution in [2.75, 3.05) is 5.43 Å². The maximum Gasteiger partial charge on any atom is 0.258 e. The summed E-state index contributed by atoms with van der Waals surface area (Å²) in [5.74, 6) is 0.694. The van der Waals surface area contributed by atoms with Gasteiger partial charge in [0.15, 0.2) is 0 Å². The Morgan fingerprint density at radius 2 is 2.04 bits per heavy atom. The molecule has 0 spiro atoms. The van der Waals surface area contributed by atoms with E-state index in [1.165, 1.54) is 29.0 Å². The topological polar surface area (TPSA) is 101 Å². The van der Waals surface area contributed by atoms with Crippen LogP contribution in [0.5, 0.6) is 0 Å². The molecule has 0 radical (unpaired) electrons. The Balaban J connectivity index is 1.92. The summed E-state index contributed by atoms with van der Waals surface area (Å²) in [7, 11) is -3.94. The molecule has 3 aromatic rings. The van der Waals surface area contributed by atoms with Crippen LogP contribution in [0.3, 0.4) is 0 Å². The van der Waals surface area contributed by atoms with E-state index in [2.05, 4.69) is 25.3 Å². The van der Waals surface area contributed by atoms with Gasteiger partial charge >= 0.3 is 0 Å². The molecule has 2 N–H and O–H groups in total. The number of anilines is 1. The van der Waals surface area contributed by atoms with Gasteiger partial charge in [-0.15, -0.1) is 4.83 Å². The molecule has 3 rings (SSSR count). The van der Waals surface area contributed by atoms with E-state index in [1.54, 1.807) is 13.0 Å². The molecule has 0 fully saturated rings. The number of benzene rings is 1. The molecule has 0 unspecified atom stereocenters. The van der Waals surface area contributed by atoms with E-state index in [-0.39, 0.29) is 14.9 Å². The first-order valence-electron chi connectivity index (χ1n) is 6.28. The van der Waals surface area contributed by atoms with Gasteiger partial charge < -0.3 is 0 Å². The number of aromatic nitrogens is 4. The monoisotopic (exact) mass is 372 g/mol. The fourth-order valence-corrected chi connectivity index (χ4v) is 3.50. The first-order chi connectivity index (χ1) is 10.9. The molecule has 0 atom stereocenters. The fraction of sp³-hybridized carbons (Fsp3) is 0.0833. The Kier molecular flexibility index (Phi) is 4.11. The molecule has 0 amide bonds. The summed E-state index contributed by atoms with van der Waals surface area (Å²) in [5.41, 5.74) is 3.23. The van der Waals surface area contributed by atoms with Crippen molar-refractivity contribution in [3.8, 4) is 0 Å². The quantitative estimate of drug-likeness (QED) is 0.679. The first kappa shape index (κ1) is 15.9. The molecule has 0 saturated carbocycles. The third-order valence-corrected chi connectivity index (χ3v) is 5.12. The van der Waals surface area contributed by atoms with Crippen LogP contribution in [0.2, 0.25) is 10.0 Å². The van der Waals surface area contributed by atoms with E-state index in [0.29, 0.717) is 17.3 Å². The number of hydrazine groups is 1. The van der Waals surface area contributed by atoms with Crippen LogP contribution in [-0.2, 0) is 10.0 Å². The van der Waals surface area contributed by atoms with Gasteiger partial charge in [0.2, 0.25) is 0 Å². The Morgan fingerprint density at radius 1 is 1.26 bits per heavy atom. The minimum absolute atomic E-state index is 0.0553. The van der Waals surface area contributed by atoms with Crippen molar-refractivity contribution in [1.82, 2.24) is 24.4 Å². The van der Waals surface area contributed by atoms with Gasteiger partial charge in [0.25, 0.3) is 15.8 Å². The minimum atomic E-state index is -3.94. The van der Waals surface area contributed by atoms with Crippen LogP contribution < -0.4 is 10.3 Å². The van der Waals surface area contributed by atoms with E-state index in [9.17, 15) is 8.42 Å². The number of halogens is 2. The highest BCUT2D eigenvalue weighted by Crippen LogP contribution is 2.28. The average molecular weight is 373 g/mol. The van der Waals surface area contributed by atoms with Gasteiger partial charge in [0, 0.05) is 11.8 Å². The third-order valence-electron chi connectivity index (χ3n) is 2.90. The molecule has 8 nitrogen and oxygen atoms in total. The molecular formula is C12H10Cl2N6O2S. The zero-order chi connectivity index (χ0) is 16.6. The average Bonchev–Trinajstić information content (AvgIpc) is 2.95. The molecule has 120 valence electrons. The second-order valence-electron chi connectivity index (χ2n) is 4.54. The van der Waals surface area contributed by atoms with Crippen LogP contribution in [0.15, 0.2) is 35.5 Å². The normalized spacial score (nSPS) is 11.8. The molecule has 23 heavy (non-hydrogen) atoms. The Labute approximate surface area is 141 Å². The van der Waals surface area contributed by atoms with Crippen LogP contribution >= 0.6 is 23.2 Å². The Bertz CT molecular complexity index is 988. The third kappa shape index (κ3) is 3.08. The number of hydrogen-bond acceptors (Lipinski definition) is 6. The SMILES string of the molecule is Cc1cc(NNS(=O)(=O)c2cccc(Cl)c2Cl)n2ncnc2n1. The number of hydrogen-bond donors (Lipinski definition) is 2. The highest BCUT2D eigenvalue weighted by atomic mass is 35.5. The predicted octanol–water partition coefficient (Wildman–Crippen LogP) is 2.04. The second kappa shape index (κ2) is 5.93. The second-order valence-corrected chi connectivity index (χ2v) is 6.97. The van der Waals surface area contributed by atoms with Gasteiger partial charge in [-0.1, -0.05) is 29.3 Å². The largest absolute Gasteiger partial charge is 0.292 e. The summed E-state index contributed by atoms with van der Waals surface area (Å²) in [4.78, 5) is 10.2. The standard InChI is InChI=1S/C12H10Cl2N6O2S/c1-7-5-10(20-12(17-7)15-6-16-20)18-19-23(21,22)9-4-2-3-8(13)11(9)14/h2-6,18-19H,1H3. The lowest BCUT2D eigenvalue weighted by molar-refractivity contribution is 0.587. The molecule has 2 heterocycles. The first-order valence-corrected chi connectivity index (χ1v) is 8.51. The van der Waals surface area contributed by atoms with Crippen LogP contribution in [0.1, 0.15) is 5.69 Å². The van der Waals surface area contributed by atoms with Crippen molar-refractivity contribution >= 4 is 44.8 Å². The Hall–Kier alpha value is -1.94. The summed E-state index contributed by atoms with van der Waals surface area (Å²) >= 11 is 11.8. The molecule has 0 aliphatic carbocycles. The van der Waals surface area contributed by atoms with E-state index in [4.69, 9.17) is 23.2 Å². The summed E-state index contributed by atoms with van der Waals surface area (Å²) < 4.78 is 26.1. The lowest BCUT2D eigenvalue weighted by atomic mass is 10.4. The number of rotatable bonds is 4. The number of fused-ring (bicyclic) bond motifs is 1. The van der Waals surface area contributed by atoms with Gasteiger partial charge in [0.05, 0.1) is 10.0 Å². The van der Waals surface area contributed by atoms with Gasteiger partial charge in [-0.25, -0.2) is 13.4 Å². The molecule has 0 aliphatic rings. The summed E-state index contributed by atoms with van der Waals surface area (Å²) in [6, 6.07) is 5.96. The van der Waals surface area contributed by atoms with Gasteiger partial charge in [-0.05, 0) is 19.1 Å². The summed E-state index contributed by atoms with van der Waals surface area (Å²) in [6.07, 6.45) is 1.31. The van der Waals surface area contributed by atoms with Crippen molar-refractivity contribution in [3.63, 3.8) is 0 Å². The van der Waals surface area contributed by atoms with Crippen molar-refractivity contribution in [2.24, 2.45) is 0 Å². The van der Waals surface area contributed by atoms with Crippen molar-refractivity contribution in [3.05, 3.63) is 46.3 Å². The zero-order valence-corrected chi connectivity index (χ0v) is 14.0. The highest BCUT2D eigenvalue weighted by molar-refractivity contribution is 7.89. The van der Waals surface area contributed by atoms with E-state index >= 15 is 0 Å². The van der Waals surface area contributed by atoms with Crippen molar-refractivity contribution in [1.29, 1.82) is 0 Å². The fourth-order valence-electron chi connectivity index (χ4n) is 1.89. The molecule has 0 saturated heterocycles. The number of aryl methyl sites for hydroxylation is 1.